The first-order chi connectivity index (χ1) is 4.83. The van der Waals surface area contributed by atoms with Crippen LogP contribution >= 0.6 is 0 Å². The summed E-state index contributed by atoms with van der Waals surface area (Å²) in [6, 6.07) is 8.81. The maximum Gasteiger partial charge on any atom is 0.0397 e. The monoisotopic (exact) mass is 134 g/mol. The van der Waals surface area contributed by atoms with E-state index in [-0.39, 0.29) is 0 Å². The maximum atomic E-state index is 5.53. The molecular weight excluding hydrogens is 122 g/mol. The van der Waals surface area contributed by atoms with Crippen molar-refractivity contribution in [1.82, 2.24) is 0 Å². The fourth-order valence-corrected chi connectivity index (χ4v) is 0.979. The van der Waals surface area contributed by atoms with Gasteiger partial charge in [0.05, 0.1) is 0 Å². The minimum Gasteiger partial charge on any atom is -0.398 e. The van der Waals surface area contributed by atoms with Gasteiger partial charge >= 0.3 is 0 Å². The lowest BCUT2D eigenvalue weighted by molar-refractivity contribution is 0.922. The highest BCUT2D eigenvalue weighted by atomic mass is 14.5. The van der Waals surface area contributed by atoms with Crippen molar-refractivity contribution in [3.8, 4) is 0 Å². The minimum absolute atomic E-state index is 0.742. The summed E-state index contributed by atoms with van der Waals surface area (Å²) in [5, 5.41) is 0. The molecule has 0 heterocycles. The van der Waals surface area contributed by atoms with Crippen LogP contribution in [-0.4, -0.2) is 0 Å². The highest BCUT2D eigenvalue weighted by Gasteiger charge is 1.89. The minimum atomic E-state index is 0.742. The Morgan fingerprint density at radius 2 is 2.40 bits per heavy atom. The summed E-state index contributed by atoms with van der Waals surface area (Å²) < 4.78 is 0. The van der Waals surface area contributed by atoms with Crippen molar-refractivity contribution in [3.05, 3.63) is 29.8 Å². The molecule has 0 atom stereocenters. The first-order valence-corrected chi connectivity index (χ1v) is 3.59. The predicted molar refractivity (Wildman–Crippen MR) is 43.7 cm³/mol. The molecule has 2 N–H and O–H groups in total. The predicted octanol–water partition coefficient (Wildman–Crippen LogP) is 2.02. The maximum absolute atomic E-state index is 5.53. The topological polar surface area (TPSA) is 26.0 Å². The Balaban J connectivity index is 2.75. The Bertz CT molecular complexity index is 206. The number of hydrogen-bond acceptors (Lipinski definition) is 1. The summed E-state index contributed by atoms with van der Waals surface area (Å²) in [4.78, 5) is 0. The van der Waals surface area contributed by atoms with E-state index < -0.39 is 0 Å². The Kier molecular flexibility index (Phi) is 2.32. The van der Waals surface area contributed by atoms with Crippen molar-refractivity contribution in [2.75, 3.05) is 5.73 Å². The van der Waals surface area contributed by atoms with Gasteiger partial charge < -0.3 is 5.73 Å². The van der Waals surface area contributed by atoms with Crippen LogP contribution in [0.2, 0.25) is 0 Å². The van der Waals surface area contributed by atoms with Gasteiger partial charge in [-0.25, -0.2) is 0 Å². The number of aryl methyl sites for hydroxylation is 1. The Morgan fingerprint density at radius 3 is 3.00 bits per heavy atom. The Morgan fingerprint density at radius 1 is 1.60 bits per heavy atom. The van der Waals surface area contributed by atoms with Crippen LogP contribution in [0.25, 0.3) is 0 Å². The molecule has 0 aliphatic carbocycles. The third-order valence-corrected chi connectivity index (χ3v) is 1.43. The zero-order chi connectivity index (χ0) is 7.40. The second-order valence-corrected chi connectivity index (χ2v) is 2.40. The van der Waals surface area contributed by atoms with E-state index in [2.05, 4.69) is 19.1 Å². The molecule has 0 spiro atoms. The highest BCUT2D eigenvalue weighted by molar-refractivity contribution is 5.39. The van der Waals surface area contributed by atoms with Gasteiger partial charge in [-0.15, -0.1) is 0 Å². The fraction of sp³-hybridized carbons (Fsp3) is 0.333. The van der Waals surface area contributed by atoms with Crippen LogP contribution in [0.15, 0.2) is 18.2 Å². The van der Waals surface area contributed by atoms with Gasteiger partial charge in [-0.05, 0) is 18.1 Å². The second kappa shape index (κ2) is 3.25. The van der Waals surface area contributed by atoms with Crippen molar-refractivity contribution < 1.29 is 0 Å². The molecule has 0 fully saturated rings. The van der Waals surface area contributed by atoms with Crippen LogP contribution in [-0.2, 0) is 6.42 Å². The van der Waals surface area contributed by atoms with Gasteiger partial charge in [0, 0.05) is 11.8 Å². The standard InChI is InChI=1S/C9H12N/c1-2-4-8-5-3-6-9(10)7-8/h3,5,7H,2,4,10H2,1H3. The van der Waals surface area contributed by atoms with Crippen LogP contribution in [0.1, 0.15) is 18.9 Å². The second-order valence-electron chi connectivity index (χ2n) is 2.40. The molecule has 0 saturated heterocycles. The zero-order valence-corrected chi connectivity index (χ0v) is 6.22. The first-order valence-electron chi connectivity index (χ1n) is 3.59. The molecule has 10 heavy (non-hydrogen) atoms. The SMILES string of the molecule is CCCc1cc[c]c(N)c1. The van der Waals surface area contributed by atoms with Crippen molar-refractivity contribution >= 4 is 5.69 Å². The normalized spacial score (nSPS) is 9.70. The van der Waals surface area contributed by atoms with Gasteiger partial charge in [0.15, 0.2) is 0 Å². The van der Waals surface area contributed by atoms with E-state index in [1.807, 2.05) is 12.1 Å². The molecule has 1 aromatic rings. The Labute approximate surface area is 61.9 Å². The summed E-state index contributed by atoms with van der Waals surface area (Å²) in [6.45, 7) is 2.16. The Hall–Kier alpha value is -0.980. The summed E-state index contributed by atoms with van der Waals surface area (Å²) in [5.41, 5.74) is 7.58. The lowest BCUT2D eigenvalue weighted by Gasteiger charge is -1.97. The fourth-order valence-electron chi connectivity index (χ4n) is 0.979. The van der Waals surface area contributed by atoms with E-state index in [4.69, 9.17) is 5.73 Å². The zero-order valence-electron chi connectivity index (χ0n) is 6.22. The van der Waals surface area contributed by atoms with E-state index in [9.17, 15) is 0 Å². The van der Waals surface area contributed by atoms with Crippen LogP contribution in [0, 0.1) is 6.07 Å². The quantitative estimate of drug-likeness (QED) is 0.615. The average Bonchev–Trinajstić information content (AvgIpc) is 1.88. The number of nitrogens with two attached hydrogens (primary N) is 1. The van der Waals surface area contributed by atoms with Gasteiger partial charge in [0.2, 0.25) is 0 Å². The summed E-state index contributed by atoms with van der Waals surface area (Å²) in [7, 11) is 0. The molecule has 1 rings (SSSR count). The molecule has 0 bridgehead atoms. The number of hydrogen-bond donors (Lipinski definition) is 1. The first kappa shape index (κ1) is 7.13. The molecule has 1 aromatic carbocycles. The van der Waals surface area contributed by atoms with E-state index in [1.54, 1.807) is 0 Å². The van der Waals surface area contributed by atoms with E-state index in [1.165, 1.54) is 12.0 Å². The molecule has 0 aliphatic rings. The summed E-state index contributed by atoms with van der Waals surface area (Å²) in [5.74, 6) is 0. The largest absolute Gasteiger partial charge is 0.398 e. The summed E-state index contributed by atoms with van der Waals surface area (Å²) in [6.07, 6.45) is 2.28. The molecule has 0 unspecified atom stereocenters. The summed E-state index contributed by atoms with van der Waals surface area (Å²) >= 11 is 0. The van der Waals surface area contributed by atoms with E-state index in [0.717, 1.165) is 12.1 Å². The molecular formula is C9H12N. The van der Waals surface area contributed by atoms with Crippen LogP contribution < -0.4 is 5.73 Å². The lowest BCUT2D eigenvalue weighted by atomic mass is 10.1. The van der Waals surface area contributed by atoms with Crippen molar-refractivity contribution in [1.29, 1.82) is 0 Å². The van der Waals surface area contributed by atoms with Crippen LogP contribution in [0.5, 0.6) is 0 Å². The number of anilines is 1. The van der Waals surface area contributed by atoms with Crippen molar-refractivity contribution in [2.24, 2.45) is 0 Å². The number of nitrogen functional groups attached to an aromatic ring is 1. The molecule has 53 valence electrons. The van der Waals surface area contributed by atoms with Crippen molar-refractivity contribution in [2.45, 2.75) is 19.8 Å². The van der Waals surface area contributed by atoms with Crippen LogP contribution in [0.3, 0.4) is 0 Å². The van der Waals surface area contributed by atoms with Crippen molar-refractivity contribution in [3.63, 3.8) is 0 Å². The molecule has 1 heteroatoms. The van der Waals surface area contributed by atoms with Gasteiger partial charge in [0.1, 0.15) is 0 Å². The molecule has 1 nitrogen and oxygen atoms in total. The molecule has 0 amide bonds. The van der Waals surface area contributed by atoms with Gasteiger partial charge in [-0.3, -0.25) is 0 Å². The molecule has 0 aromatic heterocycles. The third-order valence-electron chi connectivity index (χ3n) is 1.43. The average molecular weight is 134 g/mol. The van der Waals surface area contributed by atoms with Gasteiger partial charge in [0.25, 0.3) is 0 Å². The highest BCUT2D eigenvalue weighted by Crippen LogP contribution is 2.07. The molecule has 0 saturated carbocycles. The third kappa shape index (κ3) is 1.76. The molecule has 1 radical (unpaired) electrons. The number of benzene rings is 1. The number of rotatable bonds is 2. The van der Waals surface area contributed by atoms with Gasteiger partial charge in [-0.2, -0.15) is 0 Å². The van der Waals surface area contributed by atoms with E-state index in [0.29, 0.717) is 0 Å². The van der Waals surface area contributed by atoms with Crippen LogP contribution in [0.4, 0.5) is 5.69 Å². The smallest absolute Gasteiger partial charge is 0.0397 e. The van der Waals surface area contributed by atoms with Gasteiger partial charge in [-0.1, -0.05) is 25.5 Å². The van der Waals surface area contributed by atoms with E-state index >= 15 is 0 Å². The lowest BCUT2D eigenvalue weighted by Crippen LogP contribution is -1.87. The molecule has 0 aliphatic heterocycles.